The van der Waals surface area contributed by atoms with E-state index in [1.807, 2.05) is 0 Å². The Morgan fingerprint density at radius 2 is 1.94 bits per heavy atom. The first-order valence-corrected chi connectivity index (χ1v) is 6.81. The van der Waals surface area contributed by atoms with Gasteiger partial charge >= 0.3 is 0 Å². The summed E-state index contributed by atoms with van der Waals surface area (Å²) in [5, 5.41) is 7.01. The third-order valence-corrected chi connectivity index (χ3v) is 3.83. The van der Waals surface area contributed by atoms with Crippen LogP contribution >= 0.6 is 0 Å². The lowest BCUT2D eigenvalue weighted by atomic mass is 9.86. The van der Waals surface area contributed by atoms with Crippen molar-refractivity contribution in [1.82, 2.24) is 10.6 Å². The molecule has 1 aliphatic heterocycles. The molecule has 2 rings (SSSR count). The van der Waals surface area contributed by atoms with Crippen LogP contribution in [0.5, 0.6) is 0 Å². The van der Waals surface area contributed by atoms with Gasteiger partial charge in [-0.1, -0.05) is 37.3 Å². The van der Waals surface area contributed by atoms with Gasteiger partial charge in [0.25, 0.3) is 0 Å². The summed E-state index contributed by atoms with van der Waals surface area (Å²) < 4.78 is 0. The molecule has 2 heteroatoms. The zero-order chi connectivity index (χ0) is 11.9. The first-order valence-electron chi connectivity index (χ1n) is 6.81. The van der Waals surface area contributed by atoms with Crippen LogP contribution in [-0.2, 0) is 6.54 Å². The summed E-state index contributed by atoms with van der Waals surface area (Å²) in [5.74, 6) is 1.69. The van der Waals surface area contributed by atoms with Crippen LogP contribution in [0.3, 0.4) is 0 Å². The molecule has 2 N–H and O–H groups in total. The predicted molar refractivity (Wildman–Crippen MR) is 72.9 cm³/mol. The largest absolute Gasteiger partial charge is 0.317 e. The van der Waals surface area contributed by atoms with Crippen LogP contribution in [0.4, 0.5) is 0 Å². The number of piperidine rings is 1. The molecule has 0 saturated carbocycles. The van der Waals surface area contributed by atoms with Crippen molar-refractivity contribution in [1.29, 1.82) is 0 Å². The molecule has 94 valence electrons. The molecule has 0 amide bonds. The average Bonchev–Trinajstić information content (AvgIpc) is 2.41. The topological polar surface area (TPSA) is 24.1 Å². The van der Waals surface area contributed by atoms with E-state index in [0.29, 0.717) is 0 Å². The third-order valence-electron chi connectivity index (χ3n) is 3.83. The van der Waals surface area contributed by atoms with Gasteiger partial charge in [0.1, 0.15) is 0 Å². The maximum Gasteiger partial charge on any atom is 0.0205 e. The van der Waals surface area contributed by atoms with E-state index in [4.69, 9.17) is 0 Å². The van der Waals surface area contributed by atoms with Crippen molar-refractivity contribution >= 4 is 0 Å². The SMILES string of the molecule is CC(CNCc1ccccc1)C1CCNCC1. The van der Waals surface area contributed by atoms with Crippen LogP contribution in [0, 0.1) is 11.8 Å². The summed E-state index contributed by atoms with van der Waals surface area (Å²) in [6.07, 6.45) is 2.68. The molecule has 0 aromatic heterocycles. The first kappa shape index (κ1) is 12.6. The van der Waals surface area contributed by atoms with Gasteiger partial charge in [-0.3, -0.25) is 0 Å². The first-order chi connectivity index (χ1) is 8.36. The molecule has 17 heavy (non-hydrogen) atoms. The van der Waals surface area contributed by atoms with Gasteiger partial charge in [0.2, 0.25) is 0 Å². The Kier molecular flexibility index (Phi) is 5.02. The average molecular weight is 232 g/mol. The lowest BCUT2D eigenvalue weighted by Gasteiger charge is -2.28. The van der Waals surface area contributed by atoms with Crippen LogP contribution in [-0.4, -0.2) is 19.6 Å². The Hall–Kier alpha value is -0.860. The fourth-order valence-electron chi connectivity index (χ4n) is 2.62. The van der Waals surface area contributed by atoms with Gasteiger partial charge in [0, 0.05) is 6.54 Å². The molecule has 1 aliphatic rings. The van der Waals surface area contributed by atoms with E-state index in [2.05, 4.69) is 47.9 Å². The Morgan fingerprint density at radius 3 is 2.65 bits per heavy atom. The molecular weight excluding hydrogens is 208 g/mol. The van der Waals surface area contributed by atoms with Crippen molar-refractivity contribution in [2.24, 2.45) is 11.8 Å². The minimum atomic E-state index is 0.792. The summed E-state index contributed by atoms with van der Waals surface area (Å²) in [7, 11) is 0. The number of hydrogen-bond donors (Lipinski definition) is 2. The summed E-state index contributed by atoms with van der Waals surface area (Å²) in [6.45, 7) is 6.92. The Balaban J connectivity index is 1.67. The molecule has 2 nitrogen and oxygen atoms in total. The quantitative estimate of drug-likeness (QED) is 0.814. The zero-order valence-corrected chi connectivity index (χ0v) is 10.8. The zero-order valence-electron chi connectivity index (χ0n) is 10.8. The highest BCUT2D eigenvalue weighted by molar-refractivity contribution is 5.14. The molecule has 0 radical (unpaired) electrons. The minimum absolute atomic E-state index is 0.792. The van der Waals surface area contributed by atoms with Gasteiger partial charge in [-0.05, 0) is 49.9 Å². The lowest BCUT2D eigenvalue weighted by molar-refractivity contribution is 0.267. The summed E-state index contributed by atoms with van der Waals surface area (Å²) >= 11 is 0. The predicted octanol–water partition coefficient (Wildman–Crippen LogP) is 2.41. The van der Waals surface area contributed by atoms with E-state index in [1.54, 1.807) is 0 Å². The molecule has 0 aliphatic carbocycles. The molecule has 0 spiro atoms. The lowest BCUT2D eigenvalue weighted by Crippen LogP contribution is -2.34. The van der Waals surface area contributed by atoms with Gasteiger partial charge in [-0.2, -0.15) is 0 Å². The van der Waals surface area contributed by atoms with Crippen molar-refractivity contribution in [2.45, 2.75) is 26.3 Å². The van der Waals surface area contributed by atoms with E-state index in [-0.39, 0.29) is 0 Å². The van der Waals surface area contributed by atoms with Gasteiger partial charge in [0.05, 0.1) is 0 Å². The van der Waals surface area contributed by atoms with E-state index in [9.17, 15) is 0 Å². The van der Waals surface area contributed by atoms with Crippen LogP contribution in [0.15, 0.2) is 30.3 Å². The van der Waals surface area contributed by atoms with Gasteiger partial charge < -0.3 is 10.6 Å². The molecule has 1 heterocycles. The molecule has 1 aromatic carbocycles. The summed E-state index contributed by atoms with van der Waals surface area (Å²) in [6, 6.07) is 10.6. The number of benzene rings is 1. The second-order valence-electron chi connectivity index (χ2n) is 5.18. The van der Waals surface area contributed by atoms with Gasteiger partial charge in [-0.15, -0.1) is 0 Å². The smallest absolute Gasteiger partial charge is 0.0205 e. The standard InChI is InChI=1S/C15H24N2/c1-13(15-7-9-16-10-8-15)11-17-12-14-5-3-2-4-6-14/h2-6,13,15-17H,7-12H2,1H3. The molecule has 1 aromatic rings. The second kappa shape index (κ2) is 6.77. The molecule has 1 saturated heterocycles. The second-order valence-corrected chi connectivity index (χ2v) is 5.18. The summed E-state index contributed by atoms with van der Waals surface area (Å²) in [5.41, 5.74) is 1.38. The minimum Gasteiger partial charge on any atom is -0.317 e. The van der Waals surface area contributed by atoms with Crippen LogP contribution in [0.1, 0.15) is 25.3 Å². The van der Waals surface area contributed by atoms with Crippen molar-refractivity contribution in [2.75, 3.05) is 19.6 Å². The van der Waals surface area contributed by atoms with Crippen molar-refractivity contribution < 1.29 is 0 Å². The monoisotopic (exact) mass is 232 g/mol. The maximum atomic E-state index is 3.58. The normalized spacial score (nSPS) is 19.1. The molecule has 0 bridgehead atoms. The number of nitrogens with one attached hydrogen (secondary N) is 2. The van der Waals surface area contributed by atoms with E-state index in [1.165, 1.54) is 31.5 Å². The highest BCUT2D eigenvalue weighted by Gasteiger charge is 2.19. The van der Waals surface area contributed by atoms with Crippen molar-refractivity contribution in [3.63, 3.8) is 0 Å². The molecular formula is C15H24N2. The third kappa shape index (κ3) is 4.14. The van der Waals surface area contributed by atoms with Crippen LogP contribution in [0.2, 0.25) is 0 Å². The molecule has 1 atom stereocenters. The van der Waals surface area contributed by atoms with Crippen molar-refractivity contribution in [3.8, 4) is 0 Å². The summed E-state index contributed by atoms with van der Waals surface area (Å²) in [4.78, 5) is 0. The molecule has 1 unspecified atom stereocenters. The Bertz CT molecular complexity index is 304. The Morgan fingerprint density at radius 1 is 1.24 bits per heavy atom. The fourth-order valence-corrected chi connectivity index (χ4v) is 2.62. The highest BCUT2D eigenvalue weighted by Crippen LogP contribution is 2.20. The van der Waals surface area contributed by atoms with Crippen LogP contribution in [0.25, 0.3) is 0 Å². The van der Waals surface area contributed by atoms with Crippen molar-refractivity contribution in [3.05, 3.63) is 35.9 Å². The Labute approximate surface area is 105 Å². The number of hydrogen-bond acceptors (Lipinski definition) is 2. The van der Waals surface area contributed by atoms with E-state index >= 15 is 0 Å². The van der Waals surface area contributed by atoms with Crippen LogP contribution < -0.4 is 10.6 Å². The van der Waals surface area contributed by atoms with Gasteiger partial charge in [0.15, 0.2) is 0 Å². The number of rotatable bonds is 5. The van der Waals surface area contributed by atoms with E-state index < -0.39 is 0 Å². The molecule has 1 fully saturated rings. The fraction of sp³-hybridized carbons (Fsp3) is 0.600. The highest BCUT2D eigenvalue weighted by atomic mass is 14.9. The van der Waals surface area contributed by atoms with E-state index in [0.717, 1.165) is 24.9 Å². The van der Waals surface area contributed by atoms with Gasteiger partial charge in [-0.25, -0.2) is 0 Å². The maximum absolute atomic E-state index is 3.58.